The molecule has 16 heteroatoms. The second-order valence-electron chi connectivity index (χ2n) is 8.26. The van der Waals surface area contributed by atoms with E-state index in [1.807, 2.05) is 0 Å². The van der Waals surface area contributed by atoms with Gasteiger partial charge >= 0.3 is 6.36 Å². The molecule has 4 rings (SSSR count). The summed E-state index contributed by atoms with van der Waals surface area (Å²) < 4.78 is 67.5. The molecule has 4 aromatic rings. The van der Waals surface area contributed by atoms with Gasteiger partial charge in [-0.25, -0.2) is 4.39 Å². The van der Waals surface area contributed by atoms with Crippen LogP contribution in [0.4, 0.5) is 23.2 Å². The molecule has 0 atom stereocenters. The molecule has 0 bridgehead atoms. The first-order chi connectivity index (χ1) is 19.7. The standard InChI is InChI=1S/C26H18F4N4O5S3/c27-17-8-14(13-2-1-6-32-12-13)9-21(22(17)24(36)34-15-5-7-33-18(10-15)23(31)35)37-19-4-3-16(38-25(28,29)30)11-20(19)39-26(40,41)42/h1-12,40-42H,(H2,31,35)(H,33,34,36). The zero-order valence-electron chi connectivity index (χ0n) is 20.8. The van der Waals surface area contributed by atoms with Gasteiger partial charge in [-0.05, 0) is 48.0 Å². The van der Waals surface area contributed by atoms with Crippen molar-refractivity contribution in [2.45, 2.75) is 9.96 Å². The molecule has 3 N–H and O–H groups in total. The van der Waals surface area contributed by atoms with Gasteiger partial charge in [-0.15, -0.1) is 51.1 Å². The number of halogens is 4. The second-order valence-corrected chi connectivity index (χ2v) is 11.2. The first kappa shape index (κ1) is 30.8. The lowest BCUT2D eigenvalue weighted by molar-refractivity contribution is -0.274. The third-order valence-corrected chi connectivity index (χ3v) is 5.44. The molecule has 0 aliphatic rings. The van der Waals surface area contributed by atoms with Gasteiger partial charge in [-0.1, -0.05) is 6.07 Å². The molecule has 0 aliphatic heterocycles. The van der Waals surface area contributed by atoms with E-state index in [1.54, 1.807) is 12.1 Å². The highest BCUT2D eigenvalue weighted by Gasteiger charge is 2.32. The van der Waals surface area contributed by atoms with Crippen molar-refractivity contribution in [3.63, 3.8) is 0 Å². The number of nitrogens with zero attached hydrogens (tertiary/aromatic N) is 2. The predicted octanol–water partition coefficient (Wildman–Crippen LogP) is 6.10. The highest BCUT2D eigenvalue weighted by atomic mass is 32.2. The van der Waals surface area contributed by atoms with E-state index in [-0.39, 0.29) is 28.4 Å². The molecule has 0 radical (unpaired) electrons. The molecule has 0 unspecified atom stereocenters. The maximum absolute atomic E-state index is 15.6. The molecule has 0 fully saturated rings. The summed E-state index contributed by atoms with van der Waals surface area (Å²) in [6.45, 7) is 0. The summed E-state index contributed by atoms with van der Waals surface area (Å²) in [5.74, 6) is -4.61. The highest BCUT2D eigenvalue weighted by molar-refractivity contribution is 8.16. The van der Waals surface area contributed by atoms with Gasteiger partial charge in [0, 0.05) is 35.9 Å². The van der Waals surface area contributed by atoms with Gasteiger partial charge in [0.25, 0.3) is 11.8 Å². The highest BCUT2D eigenvalue weighted by Crippen LogP contribution is 2.42. The molecule has 0 saturated carbocycles. The van der Waals surface area contributed by atoms with Crippen LogP contribution in [-0.4, -0.2) is 31.7 Å². The minimum absolute atomic E-state index is 0.0631. The Morgan fingerprint density at radius 1 is 0.881 bits per heavy atom. The minimum atomic E-state index is -5.02. The van der Waals surface area contributed by atoms with Crippen LogP contribution in [0.5, 0.6) is 23.0 Å². The molecule has 0 spiro atoms. The van der Waals surface area contributed by atoms with E-state index < -0.39 is 44.7 Å². The monoisotopic (exact) mass is 638 g/mol. The van der Waals surface area contributed by atoms with Gasteiger partial charge in [0.1, 0.15) is 28.6 Å². The van der Waals surface area contributed by atoms with Gasteiger partial charge in [0.2, 0.25) is 3.60 Å². The molecule has 9 nitrogen and oxygen atoms in total. The number of alkyl halides is 3. The number of amides is 2. The van der Waals surface area contributed by atoms with E-state index in [9.17, 15) is 22.8 Å². The fourth-order valence-electron chi connectivity index (χ4n) is 3.53. The number of rotatable bonds is 9. The third-order valence-electron chi connectivity index (χ3n) is 5.16. The van der Waals surface area contributed by atoms with Crippen molar-refractivity contribution in [1.29, 1.82) is 0 Å². The molecule has 42 heavy (non-hydrogen) atoms. The van der Waals surface area contributed by atoms with E-state index >= 15 is 4.39 Å². The Labute approximate surface area is 251 Å². The van der Waals surface area contributed by atoms with Crippen molar-refractivity contribution in [1.82, 2.24) is 9.97 Å². The first-order valence-corrected chi connectivity index (χ1v) is 12.8. The number of carbonyl (C=O) groups excluding carboxylic acids is 2. The number of aromatic nitrogens is 2. The molecular formula is C26H18F4N4O5S3. The van der Waals surface area contributed by atoms with Crippen LogP contribution in [0.1, 0.15) is 20.8 Å². The number of hydrogen-bond acceptors (Lipinski definition) is 10. The fourth-order valence-corrected chi connectivity index (χ4v) is 3.83. The Balaban J connectivity index is 1.81. The van der Waals surface area contributed by atoms with Crippen LogP contribution in [0, 0.1) is 5.82 Å². The van der Waals surface area contributed by atoms with Crippen molar-refractivity contribution in [2.75, 3.05) is 5.32 Å². The van der Waals surface area contributed by atoms with Crippen molar-refractivity contribution in [3.05, 3.63) is 90.3 Å². The normalized spacial score (nSPS) is 11.5. The number of primary amides is 1. The Morgan fingerprint density at radius 2 is 1.64 bits per heavy atom. The molecule has 0 saturated heterocycles. The van der Waals surface area contributed by atoms with E-state index in [0.717, 1.165) is 24.3 Å². The molecule has 0 aliphatic carbocycles. The lowest BCUT2D eigenvalue weighted by Gasteiger charge is -2.22. The van der Waals surface area contributed by atoms with Crippen LogP contribution < -0.4 is 25.3 Å². The topological polar surface area (TPSA) is 126 Å². The Kier molecular flexibility index (Phi) is 9.08. The van der Waals surface area contributed by atoms with Crippen LogP contribution in [0.2, 0.25) is 0 Å². The summed E-state index contributed by atoms with van der Waals surface area (Å²) in [4.78, 5) is 32.6. The molecule has 2 heterocycles. The second kappa shape index (κ2) is 12.4. The summed E-state index contributed by atoms with van der Waals surface area (Å²) in [5, 5.41) is 2.44. The number of nitrogens with one attached hydrogen (secondary N) is 1. The average Bonchev–Trinajstić information content (AvgIpc) is 2.88. The van der Waals surface area contributed by atoms with E-state index in [1.165, 1.54) is 36.8 Å². The summed E-state index contributed by atoms with van der Waals surface area (Å²) in [6.07, 6.45) is -0.869. The van der Waals surface area contributed by atoms with Crippen molar-refractivity contribution < 1.29 is 41.4 Å². The summed E-state index contributed by atoms with van der Waals surface area (Å²) in [6, 6.07) is 10.9. The number of thiol groups is 3. The van der Waals surface area contributed by atoms with Crippen molar-refractivity contribution in [2.24, 2.45) is 5.73 Å². The number of anilines is 1. The zero-order chi connectivity index (χ0) is 30.7. The Morgan fingerprint density at radius 3 is 2.29 bits per heavy atom. The van der Waals surface area contributed by atoms with E-state index in [4.69, 9.17) is 15.2 Å². The minimum Gasteiger partial charge on any atom is -0.455 e. The van der Waals surface area contributed by atoms with Gasteiger partial charge in [-0.2, -0.15) is 0 Å². The number of benzene rings is 2. The number of pyridine rings is 2. The Hall–Kier alpha value is -4.15. The third kappa shape index (κ3) is 8.20. The molecular weight excluding hydrogens is 621 g/mol. The smallest absolute Gasteiger partial charge is 0.455 e. The molecule has 218 valence electrons. The number of nitrogens with two attached hydrogens (primary N) is 1. The SMILES string of the molecule is NC(=O)c1cc(NC(=O)c2c(F)cc(-c3cccnc3)cc2Oc2ccc(OC(F)(F)F)cc2OC(S)(S)S)ccn1. The lowest BCUT2D eigenvalue weighted by Crippen LogP contribution is -2.18. The summed E-state index contributed by atoms with van der Waals surface area (Å²) in [7, 11) is 0. The van der Waals surface area contributed by atoms with Gasteiger partial charge in [0.15, 0.2) is 11.5 Å². The summed E-state index contributed by atoms with van der Waals surface area (Å²) in [5.41, 5.74) is 5.24. The molecule has 2 aromatic heterocycles. The summed E-state index contributed by atoms with van der Waals surface area (Å²) >= 11 is 12.0. The van der Waals surface area contributed by atoms with E-state index in [0.29, 0.717) is 5.56 Å². The predicted molar refractivity (Wildman–Crippen MR) is 154 cm³/mol. The maximum Gasteiger partial charge on any atom is 0.573 e. The van der Waals surface area contributed by atoms with Crippen LogP contribution >= 0.6 is 37.9 Å². The van der Waals surface area contributed by atoms with Crippen LogP contribution in [0.3, 0.4) is 0 Å². The Bertz CT molecular complexity index is 1640. The van der Waals surface area contributed by atoms with E-state index in [2.05, 4.69) is 57.9 Å². The zero-order valence-corrected chi connectivity index (χ0v) is 23.5. The fraction of sp³-hybridized carbons (Fsp3) is 0.0769. The van der Waals surface area contributed by atoms with Crippen molar-refractivity contribution >= 4 is 55.4 Å². The molecule has 2 amide bonds. The van der Waals surface area contributed by atoms with Gasteiger partial charge in [0.05, 0.1) is 0 Å². The lowest BCUT2D eigenvalue weighted by atomic mass is 10.0. The van der Waals surface area contributed by atoms with Gasteiger partial charge in [-0.3, -0.25) is 19.6 Å². The maximum atomic E-state index is 15.6. The largest absolute Gasteiger partial charge is 0.573 e. The quantitative estimate of drug-likeness (QED) is 0.0852. The number of ether oxygens (including phenoxy) is 3. The van der Waals surface area contributed by atoms with Crippen LogP contribution in [0.15, 0.2) is 73.2 Å². The first-order valence-electron chi connectivity index (χ1n) is 11.4. The number of hydrogen-bond donors (Lipinski definition) is 5. The van der Waals surface area contributed by atoms with Crippen LogP contribution in [-0.2, 0) is 0 Å². The number of carbonyl (C=O) groups is 2. The molecule has 2 aromatic carbocycles. The van der Waals surface area contributed by atoms with Crippen LogP contribution in [0.25, 0.3) is 11.1 Å². The van der Waals surface area contributed by atoms with Crippen molar-refractivity contribution in [3.8, 4) is 34.1 Å². The average molecular weight is 639 g/mol. The van der Waals surface area contributed by atoms with Gasteiger partial charge < -0.3 is 25.3 Å².